The first-order chi connectivity index (χ1) is 11.0. The zero-order valence-electron chi connectivity index (χ0n) is 13.8. The Hall–Kier alpha value is -2.04. The van der Waals surface area contributed by atoms with Gasteiger partial charge in [0, 0.05) is 11.6 Å². The van der Waals surface area contributed by atoms with E-state index in [1.54, 1.807) is 12.1 Å². The Morgan fingerprint density at radius 3 is 2.74 bits per heavy atom. The standard InChI is InChI=1S/C18H24N2O3/c1-18(2)11-23-15-9-8-13(10-14(15)20-17(18)22)19-16(21)12-6-4-3-5-7-12/h8-10,12H,3-7,11H2,1-2H3,(H,19,21)(H,20,22). The predicted octanol–water partition coefficient (Wildman–Crippen LogP) is 3.56. The molecule has 5 heteroatoms. The Morgan fingerprint density at radius 2 is 2.00 bits per heavy atom. The number of nitrogens with one attached hydrogen (secondary N) is 2. The molecule has 2 N–H and O–H groups in total. The normalized spacial score (nSPS) is 20.7. The molecule has 1 aromatic carbocycles. The van der Waals surface area contributed by atoms with Gasteiger partial charge in [-0.2, -0.15) is 0 Å². The molecule has 1 aliphatic heterocycles. The fourth-order valence-corrected chi connectivity index (χ4v) is 3.06. The van der Waals surface area contributed by atoms with Crippen LogP contribution in [0.1, 0.15) is 46.0 Å². The van der Waals surface area contributed by atoms with E-state index in [2.05, 4.69) is 10.6 Å². The second-order valence-electron chi connectivity index (χ2n) is 7.16. The van der Waals surface area contributed by atoms with Gasteiger partial charge in [-0.3, -0.25) is 9.59 Å². The van der Waals surface area contributed by atoms with Crippen molar-refractivity contribution in [3.63, 3.8) is 0 Å². The first kappa shape index (κ1) is 15.8. The van der Waals surface area contributed by atoms with Gasteiger partial charge in [0.05, 0.1) is 11.1 Å². The summed E-state index contributed by atoms with van der Waals surface area (Å²) >= 11 is 0. The Labute approximate surface area is 136 Å². The molecule has 0 unspecified atom stereocenters. The molecule has 5 nitrogen and oxygen atoms in total. The lowest BCUT2D eigenvalue weighted by molar-refractivity contribution is -0.125. The molecule has 1 heterocycles. The summed E-state index contributed by atoms with van der Waals surface area (Å²) in [7, 11) is 0. The van der Waals surface area contributed by atoms with Gasteiger partial charge in [0.2, 0.25) is 11.8 Å². The van der Waals surface area contributed by atoms with Crippen LogP contribution in [0.15, 0.2) is 18.2 Å². The summed E-state index contributed by atoms with van der Waals surface area (Å²) in [6.45, 7) is 4.03. The van der Waals surface area contributed by atoms with E-state index in [4.69, 9.17) is 4.74 Å². The summed E-state index contributed by atoms with van der Waals surface area (Å²) in [5.74, 6) is 0.741. The van der Waals surface area contributed by atoms with Crippen LogP contribution in [-0.2, 0) is 9.59 Å². The molecule has 124 valence electrons. The minimum Gasteiger partial charge on any atom is -0.490 e. The molecule has 1 aromatic rings. The average Bonchev–Trinajstić information content (AvgIpc) is 2.65. The van der Waals surface area contributed by atoms with E-state index in [0.29, 0.717) is 23.7 Å². The molecular weight excluding hydrogens is 292 g/mol. The molecule has 0 spiro atoms. The van der Waals surface area contributed by atoms with Crippen molar-refractivity contribution in [1.29, 1.82) is 0 Å². The SMILES string of the molecule is CC1(C)COc2ccc(NC(=O)C3CCCCC3)cc2NC1=O. The fourth-order valence-electron chi connectivity index (χ4n) is 3.06. The largest absolute Gasteiger partial charge is 0.490 e. The van der Waals surface area contributed by atoms with Crippen LogP contribution in [0.4, 0.5) is 11.4 Å². The highest BCUT2D eigenvalue weighted by Crippen LogP contribution is 2.34. The fraction of sp³-hybridized carbons (Fsp3) is 0.556. The molecule has 2 aliphatic rings. The maximum Gasteiger partial charge on any atom is 0.233 e. The van der Waals surface area contributed by atoms with Gasteiger partial charge in [0.1, 0.15) is 12.4 Å². The molecule has 0 radical (unpaired) electrons. The molecular formula is C18H24N2O3. The third-order valence-electron chi connectivity index (χ3n) is 4.67. The Balaban J connectivity index is 1.73. The van der Waals surface area contributed by atoms with Gasteiger partial charge in [-0.05, 0) is 44.9 Å². The number of hydrogen-bond acceptors (Lipinski definition) is 3. The van der Waals surface area contributed by atoms with Gasteiger partial charge in [-0.25, -0.2) is 0 Å². The smallest absolute Gasteiger partial charge is 0.233 e. The molecule has 0 atom stereocenters. The quantitative estimate of drug-likeness (QED) is 0.876. The molecule has 0 aromatic heterocycles. The Morgan fingerprint density at radius 1 is 1.26 bits per heavy atom. The molecule has 0 bridgehead atoms. The van der Waals surface area contributed by atoms with Crippen LogP contribution < -0.4 is 15.4 Å². The number of carbonyl (C=O) groups excluding carboxylic acids is 2. The van der Waals surface area contributed by atoms with Gasteiger partial charge >= 0.3 is 0 Å². The van der Waals surface area contributed by atoms with E-state index >= 15 is 0 Å². The highest BCUT2D eigenvalue weighted by atomic mass is 16.5. The number of ether oxygens (including phenoxy) is 1. The second kappa shape index (κ2) is 6.22. The lowest BCUT2D eigenvalue weighted by Crippen LogP contribution is -2.33. The van der Waals surface area contributed by atoms with Crippen molar-refractivity contribution in [2.75, 3.05) is 17.2 Å². The van der Waals surface area contributed by atoms with E-state index in [1.807, 2.05) is 19.9 Å². The van der Waals surface area contributed by atoms with Crippen LogP contribution in [0.3, 0.4) is 0 Å². The number of carbonyl (C=O) groups is 2. The maximum absolute atomic E-state index is 12.3. The predicted molar refractivity (Wildman–Crippen MR) is 89.6 cm³/mol. The minimum atomic E-state index is -0.579. The third-order valence-corrected chi connectivity index (χ3v) is 4.67. The number of amides is 2. The monoisotopic (exact) mass is 316 g/mol. The molecule has 3 rings (SSSR count). The van der Waals surface area contributed by atoms with E-state index in [9.17, 15) is 9.59 Å². The number of benzene rings is 1. The van der Waals surface area contributed by atoms with E-state index in [-0.39, 0.29) is 17.7 Å². The van der Waals surface area contributed by atoms with Crippen molar-refractivity contribution in [2.24, 2.45) is 11.3 Å². The number of fused-ring (bicyclic) bond motifs is 1. The second-order valence-corrected chi connectivity index (χ2v) is 7.16. The summed E-state index contributed by atoms with van der Waals surface area (Å²) in [4.78, 5) is 24.5. The highest BCUT2D eigenvalue weighted by molar-refractivity contribution is 5.98. The van der Waals surface area contributed by atoms with Crippen LogP contribution in [-0.4, -0.2) is 18.4 Å². The molecule has 1 fully saturated rings. The number of rotatable bonds is 2. The maximum atomic E-state index is 12.3. The van der Waals surface area contributed by atoms with E-state index in [1.165, 1.54) is 6.42 Å². The van der Waals surface area contributed by atoms with Crippen molar-refractivity contribution < 1.29 is 14.3 Å². The van der Waals surface area contributed by atoms with Crippen molar-refractivity contribution in [3.05, 3.63) is 18.2 Å². The Bertz CT molecular complexity index is 619. The van der Waals surface area contributed by atoms with Crippen molar-refractivity contribution >= 4 is 23.2 Å². The Kier molecular flexibility index (Phi) is 4.28. The summed E-state index contributed by atoms with van der Waals surface area (Å²) in [5.41, 5.74) is 0.731. The lowest BCUT2D eigenvalue weighted by atomic mass is 9.88. The first-order valence-corrected chi connectivity index (χ1v) is 8.35. The first-order valence-electron chi connectivity index (χ1n) is 8.35. The average molecular weight is 316 g/mol. The zero-order valence-corrected chi connectivity index (χ0v) is 13.8. The van der Waals surface area contributed by atoms with Gasteiger partial charge in [0.25, 0.3) is 0 Å². The molecule has 0 saturated heterocycles. The summed E-state index contributed by atoms with van der Waals surface area (Å²) in [5, 5.41) is 5.86. The molecule has 23 heavy (non-hydrogen) atoms. The van der Waals surface area contributed by atoms with Crippen LogP contribution >= 0.6 is 0 Å². The van der Waals surface area contributed by atoms with Crippen LogP contribution in [0.2, 0.25) is 0 Å². The van der Waals surface area contributed by atoms with Gasteiger partial charge in [-0.1, -0.05) is 19.3 Å². The molecule has 1 aliphatic carbocycles. The van der Waals surface area contributed by atoms with Crippen LogP contribution in [0, 0.1) is 11.3 Å². The van der Waals surface area contributed by atoms with Gasteiger partial charge in [-0.15, -0.1) is 0 Å². The summed E-state index contributed by atoms with van der Waals surface area (Å²) in [6.07, 6.45) is 5.40. The number of anilines is 2. The van der Waals surface area contributed by atoms with E-state index in [0.717, 1.165) is 25.7 Å². The molecule has 1 saturated carbocycles. The third kappa shape index (κ3) is 3.49. The van der Waals surface area contributed by atoms with Crippen molar-refractivity contribution in [2.45, 2.75) is 46.0 Å². The van der Waals surface area contributed by atoms with Gasteiger partial charge < -0.3 is 15.4 Å². The van der Waals surface area contributed by atoms with Crippen molar-refractivity contribution in [1.82, 2.24) is 0 Å². The summed E-state index contributed by atoms with van der Waals surface area (Å²) in [6, 6.07) is 5.40. The van der Waals surface area contributed by atoms with Gasteiger partial charge in [0.15, 0.2) is 0 Å². The van der Waals surface area contributed by atoms with Crippen LogP contribution in [0.5, 0.6) is 5.75 Å². The molecule has 2 amide bonds. The summed E-state index contributed by atoms with van der Waals surface area (Å²) < 4.78 is 5.71. The zero-order chi connectivity index (χ0) is 16.4. The van der Waals surface area contributed by atoms with Crippen LogP contribution in [0.25, 0.3) is 0 Å². The lowest BCUT2D eigenvalue weighted by Gasteiger charge is -2.21. The minimum absolute atomic E-state index is 0.0749. The highest BCUT2D eigenvalue weighted by Gasteiger charge is 2.32. The van der Waals surface area contributed by atoms with E-state index < -0.39 is 5.41 Å². The topological polar surface area (TPSA) is 67.4 Å². The number of hydrogen-bond donors (Lipinski definition) is 2. The van der Waals surface area contributed by atoms with Crippen molar-refractivity contribution in [3.8, 4) is 5.75 Å².